The Labute approximate surface area is 129 Å². The van der Waals surface area contributed by atoms with Crippen LogP contribution in [0.4, 0.5) is 0 Å². The van der Waals surface area contributed by atoms with Crippen LogP contribution in [-0.2, 0) is 0 Å². The zero-order valence-corrected chi connectivity index (χ0v) is 14.3. The van der Waals surface area contributed by atoms with Crippen LogP contribution in [-0.4, -0.2) is 24.5 Å². The molecule has 1 aliphatic heterocycles. The molecule has 2 rings (SSSR count). The molecule has 1 aliphatic rings. The van der Waals surface area contributed by atoms with Gasteiger partial charge in [0.15, 0.2) is 0 Å². The summed E-state index contributed by atoms with van der Waals surface area (Å²) in [6.07, 6.45) is 4.00. The summed E-state index contributed by atoms with van der Waals surface area (Å²) in [4.78, 5) is 3.99. The van der Waals surface area contributed by atoms with Crippen LogP contribution in [0, 0.1) is 11.8 Å². The monoisotopic (exact) mass is 344 g/mol. The van der Waals surface area contributed by atoms with Crippen LogP contribution in [0.3, 0.4) is 0 Å². The third kappa shape index (κ3) is 3.81. The third-order valence-electron chi connectivity index (χ3n) is 4.36. The molecule has 2 nitrogen and oxygen atoms in total. The molecule has 2 unspecified atom stereocenters. The largest absolute Gasteiger partial charge is 0.329 e. The Morgan fingerprint density at radius 1 is 1.42 bits per heavy atom. The molecular formula is C15H25BrN2S. The highest BCUT2D eigenvalue weighted by molar-refractivity contribution is 9.10. The number of thiophene rings is 1. The summed E-state index contributed by atoms with van der Waals surface area (Å²) in [5.74, 6) is 1.69. The third-order valence-corrected chi connectivity index (χ3v) is 6.33. The molecule has 19 heavy (non-hydrogen) atoms. The Hall–Kier alpha value is 0.100. The van der Waals surface area contributed by atoms with Crippen molar-refractivity contribution in [3.63, 3.8) is 0 Å². The van der Waals surface area contributed by atoms with Gasteiger partial charge in [-0.05, 0) is 71.6 Å². The molecule has 0 radical (unpaired) electrons. The van der Waals surface area contributed by atoms with Crippen molar-refractivity contribution in [3.8, 4) is 0 Å². The summed E-state index contributed by atoms with van der Waals surface area (Å²) >= 11 is 5.48. The van der Waals surface area contributed by atoms with Crippen LogP contribution in [0.25, 0.3) is 0 Å². The first-order valence-corrected chi connectivity index (χ1v) is 8.97. The van der Waals surface area contributed by atoms with E-state index in [9.17, 15) is 0 Å². The molecule has 4 heteroatoms. The average Bonchev–Trinajstić information content (AvgIpc) is 2.66. The lowest BCUT2D eigenvalue weighted by molar-refractivity contribution is 0.206. The van der Waals surface area contributed by atoms with Gasteiger partial charge in [0.05, 0.1) is 6.04 Å². The Balaban J connectivity index is 2.06. The minimum absolute atomic E-state index is 0.389. The van der Waals surface area contributed by atoms with Gasteiger partial charge in [-0.15, -0.1) is 11.3 Å². The second-order valence-corrected chi connectivity index (χ2v) is 7.66. The normalized spacial score (nSPS) is 23.5. The van der Waals surface area contributed by atoms with Gasteiger partial charge < -0.3 is 5.73 Å². The highest BCUT2D eigenvalue weighted by Crippen LogP contribution is 2.34. The summed E-state index contributed by atoms with van der Waals surface area (Å²) < 4.78 is 1.22. The molecular weight excluding hydrogens is 320 g/mol. The summed E-state index contributed by atoms with van der Waals surface area (Å²) in [5, 5.41) is 2.15. The number of hydrogen-bond acceptors (Lipinski definition) is 3. The molecule has 0 amide bonds. The fourth-order valence-corrected chi connectivity index (χ4v) is 4.87. The number of likely N-dealkylation sites (tertiary alicyclic amines) is 1. The van der Waals surface area contributed by atoms with Crippen molar-refractivity contribution in [2.24, 2.45) is 17.6 Å². The molecule has 1 aromatic rings. The lowest BCUT2D eigenvalue weighted by Gasteiger charge is -2.29. The van der Waals surface area contributed by atoms with E-state index in [1.165, 1.54) is 41.7 Å². The molecule has 2 heterocycles. The van der Waals surface area contributed by atoms with Crippen LogP contribution in [0.1, 0.15) is 44.0 Å². The van der Waals surface area contributed by atoms with Gasteiger partial charge in [-0.3, -0.25) is 4.90 Å². The number of hydrogen-bond donors (Lipinski definition) is 1. The highest BCUT2D eigenvalue weighted by Gasteiger charge is 2.26. The van der Waals surface area contributed by atoms with E-state index in [-0.39, 0.29) is 0 Å². The molecule has 0 aliphatic carbocycles. The number of nitrogens with zero attached hydrogens (tertiary/aromatic N) is 1. The van der Waals surface area contributed by atoms with Crippen LogP contribution in [0.15, 0.2) is 15.9 Å². The molecule has 0 spiro atoms. The summed E-state index contributed by atoms with van der Waals surface area (Å²) in [6, 6.07) is 2.53. The molecule has 108 valence electrons. The molecule has 1 aromatic heterocycles. The van der Waals surface area contributed by atoms with E-state index >= 15 is 0 Å². The van der Waals surface area contributed by atoms with Crippen molar-refractivity contribution in [1.82, 2.24) is 4.90 Å². The van der Waals surface area contributed by atoms with Gasteiger partial charge in [0.1, 0.15) is 0 Å². The van der Waals surface area contributed by atoms with Crippen LogP contribution >= 0.6 is 27.3 Å². The van der Waals surface area contributed by atoms with E-state index in [0.717, 1.165) is 11.8 Å². The van der Waals surface area contributed by atoms with E-state index in [0.29, 0.717) is 12.6 Å². The topological polar surface area (TPSA) is 29.3 Å². The zero-order chi connectivity index (χ0) is 13.8. The van der Waals surface area contributed by atoms with E-state index < -0.39 is 0 Å². The van der Waals surface area contributed by atoms with Gasteiger partial charge in [0.2, 0.25) is 0 Å². The lowest BCUT2D eigenvalue weighted by atomic mass is 9.89. The smallest absolute Gasteiger partial charge is 0.0575 e. The molecule has 0 bridgehead atoms. The van der Waals surface area contributed by atoms with Crippen LogP contribution in [0.2, 0.25) is 0 Å². The molecule has 0 saturated carbocycles. The van der Waals surface area contributed by atoms with Crippen LogP contribution < -0.4 is 5.73 Å². The van der Waals surface area contributed by atoms with Gasteiger partial charge >= 0.3 is 0 Å². The quantitative estimate of drug-likeness (QED) is 0.883. The van der Waals surface area contributed by atoms with Crippen molar-refractivity contribution in [3.05, 3.63) is 20.8 Å². The van der Waals surface area contributed by atoms with Gasteiger partial charge in [-0.1, -0.05) is 13.8 Å². The van der Waals surface area contributed by atoms with E-state index in [1.54, 1.807) is 0 Å². The van der Waals surface area contributed by atoms with Crippen molar-refractivity contribution in [2.75, 3.05) is 19.6 Å². The van der Waals surface area contributed by atoms with Crippen molar-refractivity contribution in [1.29, 1.82) is 0 Å². The van der Waals surface area contributed by atoms with Crippen molar-refractivity contribution in [2.45, 2.75) is 39.2 Å². The minimum atomic E-state index is 0.389. The Kier molecular flexibility index (Phi) is 5.87. The fourth-order valence-electron chi connectivity index (χ4n) is 3.09. The number of nitrogens with two attached hydrogens (primary N) is 1. The van der Waals surface area contributed by atoms with Crippen molar-refractivity contribution >= 4 is 27.3 Å². The Bertz CT molecular complexity index is 391. The molecule has 2 N–H and O–H groups in total. The van der Waals surface area contributed by atoms with Gasteiger partial charge in [-0.25, -0.2) is 0 Å². The summed E-state index contributed by atoms with van der Waals surface area (Å²) in [7, 11) is 0. The van der Waals surface area contributed by atoms with Crippen molar-refractivity contribution < 1.29 is 0 Å². The van der Waals surface area contributed by atoms with Gasteiger partial charge in [0, 0.05) is 15.9 Å². The SMILES string of the molecule is CC(C)C1CCCN(C(CN)c2sccc2Br)CC1. The number of rotatable bonds is 4. The fraction of sp³-hybridized carbons (Fsp3) is 0.733. The lowest BCUT2D eigenvalue weighted by Crippen LogP contribution is -2.34. The van der Waals surface area contributed by atoms with E-state index in [1.807, 2.05) is 11.3 Å². The van der Waals surface area contributed by atoms with Gasteiger partial charge in [-0.2, -0.15) is 0 Å². The van der Waals surface area contributed by atoms with Gasteiger partial charge in [0.25, 0.3) is 0 Å². The standard InChI is InChI=1S/C15H25BrN2S/c1-11(2)12-4-3-7-18(8-5-12)14(10-17)15-13(16)6-9-19-15/h6,9,11-12,14H,3-5,7-8,10,17H2,1-2H3. The highest BCUT2D eigenvalue weighted by atomic mass is 79.9. The predicted octanol–water partition coefficient (Wildman–Crippen LogP) is 4.27. The van der Waals surface area contributed by atoms with Crippen LogP contribution in [0.5, 0.6) is 0 Å². The van der Waals surface area contributed by atoms with E-state index in [2.05, 4.69) is 46.1 Å². The Morgan fingerprint density at radius 3 is 2.79 bits per heavy atom. The minimum Gasteiger partial charge on any atom is -0.329 e. The summed E-state index contributed by atoms with van der Waals surface area (Å²) in [5.41, 5.74) is 6.05. The zero-order valence-electron chi connectivity index (χ0n) is 11.9. The molecule has 1 saturated heterocycles. The number of halogens is 1. The maximum Gasteiger partial charge on any atom is 0.0575 e. The average molecular weight is 345 g/mol. The predicted molar refractivity (Wildman–Crippen MR) is 87.6 cm³/mol. The first kappa shape index (κ1) is 15.5. The Morgan fingerprint density at radius 2 is 2.21 bits per heavy atom. The summed E-state index contributed by atoms with van der Waals surface area (Å²) in [6.45, 7) is 7.81. The molecule has 0 aromatic carbocycles. The molecule has 1 fully saturated rings. The molecule has 2 atom stereocenters. The second-order valence-electron chi connectivity index (χ2n) is 5.86. The van der Waals surface area contributed by atoms with E-state index in [4.69, 9.17) is 5.73 Å². The maximum atomic E-state index is 6.05. The second kappa shape index (κ2) is 7.21. The first-order valence-electron chi connectivity index (χ1n) is 7.30. The first-order chi connectivity index (χ1) is 9.13. The maximum absolute atomic E-state index is 6.05.